The van der Waals surface area contributed by atoms with Gasteiger partial charge >= 0.3 is 5.97 Å². The lowest BCUT2D eigenvalue weighted by Gasteiger charge is -2.13. The highest BCUT2D eigenvalue weighted by Crippen LogP contribution is 2.24. The van der Waals surface area contributed by atoms with Crippen molar-refractivity contribution in [3.05, 3.63) is 28.8 Å². The molecule has 92 valence electrons. The Morgan fingerprint density at radius 2 is 2.41 bits per heavy atom. The van der Waals surface area contributed by atoms with E-state index in [1.807, 2.05) is 0 Å². The molecule has 1 aliphatic rings. The van der Waals surface area contributed by atoms with Gasteiger partial charge in [-0.25, -0.2) is 4.79 Å². The molecule has 1 aromatic rings. The van der Waals surface area contributed by atoms with Gasteiger partial charge in [0.2, 0.25) is 0 Å². The van der Waals surface area contributed by atoms with E-state index in [4.69, 9.17) is 26.2 Å². The first-order valence-corrected chi connectivity index (χ1v) is 5.82. The molecule has 17 heavy (non-hydrogen) atoms. The summed E-state index contributed by atoms with van der Waals surface area (Å²) in [7, 11) is 0. The molecule has 0 saturated carbocycles. The fraction of sp³-hybridized carbons (Fsp3) is 0.417. The number of aromatic carboxylic acids is 1. The van der Waals surface area contributed by atoms with Crippen molar-refractivity contribution < 1.29 is 19.4 Å². The summed E-state index contributed by atoms with van der Waals surface area (Å²) < 4.78 is 10.9. The third-order valence-electron chi connectivity index (χ3n) is 2.62. The second-order valence-corrected chi connectivity index (χ2v) is 4.33. The zero-order chi connectivity index (χ0) is 12.3. The number of hydrogen-bond donors (Lipinski definition) is 1. The number of ether oxygens (including phenoxy) is 2. The molecule has 1 aromatic carbocycles. The minimum absolute atomic E-state index is 0.0515. The van der Waals surface area contributed by atoms with Crippen molar-refractivity contribution in [2.45, 2.75) is 18.9 Å². The van der Waals surface area contributed by atoms with Crippen molar-refractivity contribution in [3.63, 3.8) is 0 Å². The molecule has 1 aliphatic heterocycles. The molecule has 1 atom stereocenters. The molecule has 4 nitrogen and oxygen atoms in total. The molecule has 1 heterocycles. The van der Waals surface area contributed by atoms with Crippen LogP contribution in [-0.2, 0) is 4.74 Å². The Morgan fingerprint density at radius 1 is 1.59 bits per heavy atom. The van der Waals surface area contributed by atoms with E-state index < -0.39 is 5.97 Å². The molecule has 0 aliphatic carbocycles. The van der Waals surface area contributed by atoms with Crippen LogP contribution >= 0.6 is 11.6 Å². The third kappa shape index (κ3) is 3.11. The highest BCUT2D eigenvalue weighted by molar-refractivity contribution is 6.30. The molecule has 1 N–H and O–H groups in total. The highest BCUT2D eigenvalue weighted by Gasteiger charge is 2.18. The van der Waals surface area contributed by atoms with E-state index in [1.165, 1.54) is 18.2 Å². The van der Waals surface area contributed by atoms with E-state index in [9.17, 15) is 4.79 Å². The average Bonchev–Trinajstić information content (AvgIpc) is 2.78. The highest BCUT2D eigenvalue weighted by atomic mass is 35.5. The number of carbonyl (C=O) groups is 1. The van der Waals surface area contributed by atoms with Crippen LogP contribution in [0.3, 0.4) is 0 Å². The van der Waals surface area contributed by atoms with Gasteiger partial charge in [0.15, 0.2) is 0 Å². The van der Waals surface area contributed by atoms with Crippen LogP contribution in [0.4, 0.5) is 0 Å². The Bertz CT molecular complexity index is 413. The molecule has 1 saturated heterocycles. The summed E-state index contributed by atoms with van der Waals surface area (Å²) in [5.74, 6) is -0.732. The van der Waals surface area contributed by atoms with Gasteiger partial charge in [-0.1, -0.05) is 11.6 Å². The minimum atomic E-state index is -1.02. The molecule has 0 amide bonds. The van der Waals surface area contributed by atoms with Gasteiger partial charge in [-0.3, -0.25) is 0 Å². The predicted molar refractivity (Wildman–Crippen MR) is 62.9 cm³/mol. The van der Waals surface area contributed by atoms with Gasteiger partial charge < -0.3 is 14.6 Å². The number of hydrogen-bond acceptors (Lipinski definition) is 3. The van der Waals surface area contributed by atoms with Crippen LogP contribution in [0.2, 0.25) is 5.02 Å². The molecule has 1 unspecified atom stereocenters. The Morgan fingerprint density at radius 3 is 3.06 bits per heavy atom. The second kappa shape index (κ2) is 5.38. The van der Waals surface area contributed by atoms with E-state index in [2.05, 4.69) is 0 Å². The normalized spacial score (nSPS) is 19.2. The Balaban J connectivity index is 2.07. The Hall–Kier alpha value is -1.26. The van der Waals surface area contributed by atoms with E-state index in [0.29, 0.717) is 17.4 Å². The Labute approximate surface area is 104 Å². The van der Waals surface area contributed by atoms with Crippen LogP contribution in [0.1, 0.15) is 23.2 Å². The second-order valence-electron chi connectivity index (χ2n) is 3.89. The van der Waals surface area contributed by atoms with Crippen LogP contribution < -0.4 is 4.74 Å². The SMILES string of the molecule is O=C(O)c1ccc(Cl)cc1OCC1CCCO1. The summed E-state index contributed by atoms with van der Waals surface area (Å²) in [4.78, 5) is 11.0. The summed E-state index contributed by atoms with van der Waals surface area (Å²) in [6.07, 6.45) is 2.02. The average molecular weight is 257 g/mol. The summed E-state index contributed by atoms with van der Waals surface area (Å²) in [6, 6.07) is 4.49. The summed E-state index contributed by atoms with van der Waals surface area (Å²) in [5.41, 5.74) is 0.118. The lowest BCUT2D eigenvalue weighted by atomic mass is 10.2. The molecule has 0 spiro atoms. The third-order valence-corrected chi connectivity index (χ3v) is 2.86. The van der Waals surface area contributed by atoms with Crippen LogP contribution in [0.5, 0.6) is 5.75 Å². The van der Waals surface area contributed by atoms with Crippen molar-refractivity contribution in [3.8, 4) is 5.75 Å². The molecular weight excluding hydrogens is 244 g/mol. The van der Waals surface area contributed by atoms with Crippen molar-refractivity contribution >= 4 is 17.6 Å². The van der Waals surface area contributed by atoms with E-state index in [-0.39, 0.29) is 11.7 Å². The van der Waals surface area contributed by atoms with E-state index >= 15 is 0 Å². The van der Waals surface area contributed by atoms with Gasteiger partial charge in [0.05, 0.1) is 6.10 Å². The van der Waals surface area contributed by atoms with Gasteiger partial charge in [0.25, 0.3) is 0 Å². The quantitative estimate of drug-likeness (QED) is 0.900. The standard InChI is InChI=1S/C12H13ClO4/c13-8-3-4-10(12(14)15)11(6-8)17-7-9-2-1-5-16-9/h3-4,6,9H,1-2,5,7H2,(H,14,15). The first kappa shape index (κ1) is 12.2. The first-order chi connectivity index (χ1) is 8.16. The van der Waals surface area contributed by atoms with Gasteiger partial charge in [-0.2, -0.15) is 0 Å². The molecular formula is C12H13ClO4. The molecule has 1 fully saturated rings. The van der Waals surface area contributed by atoms with Crippen LogP contribution in [0, 0.1) is 0 Å². The predicted octanol–water partition coefficient (Wildman–Crippen LogP) is 2.60. The maximum Gasteiger partial charge on any atom is 0.339 e. The number of carboxylic acids is 1. The van der Waals surface area contributed by atoms with E-state index in [0.717, 1.165) is 19.4 Å². The molecule has 0 aromatic heterocycles. The molecule has 5 heteroatoms. The first-order valence-electron chi connectivity index (χ1n) is 5.44. The van der Waals surface area contributed by atoms with Gasteiger partial charge in [-0.15, -0.1) is 0 Å². The van der Waals surface area contributed by atoms with Crippen LogP contribution in [-0.4, -0.2) is 30.4 Å². The molecule has 0 radical (unpaired) electrons. The van der Waals surface area contributed by atoms with Crippen LogP contribution in [0.25, 0.3) is 0 Å². The zero-order valence-corrected chi connectivity index (χ0v) is 9.94. The van der Waals surface area contributed by atoms with Gasteiger partial charge in [-0.05, 0) is 31.0 Å². The largest absolute Gasteiger partial charge is 0.490 e. The summed E-state index contributed by atoms with van der Waals surface area (Å²) in [5, 5.41) is 9.45. The fourth-order valence-corrected chi connectivity index (χ4v) is 1.91. The number of rotatable bonds is 4. The Kier molecular flexibility index (Phi) is 3.86. The zero-order valence-electron chi connectivity index (χ0n) is 9.19. The van der Waals surface area contributed by atoms with Crippen molar-refractivity contribution in [2.24, 2.45) is 0 Å². The van der Waals surface area contributed by atoms with Crippen molar-refractivity contribution in [1.29, 1.82) is 0 Å². The lowest BCUT2D eigenvalue weighted by molar-refractivity contribution is 0.0629. The monoisotopic (exact) mass is 256 g/mol. The maximum atomic E-state index is 11.0. The summed E-state index contributed by atoms with van der Waals surface area (Å²) in [6.45, 7) is 1.11. The van der Waals surface area contributed by atoms with Crippen molar-refractivity contribution in [1.82, 2.24) is 0 Å². The molecule has 2 rings (SSSR count). The number of carboxylic acid groups (broad SMARTS) is 1. The minimum Gasteiger partial charge on any atom is -0.490 e. The van der Waals surface area contributed by atoms with E-state index in [1.54, 1.807) is 0 Å². The summed E-state index contributed by atoms with van der Waals surface area (Å²) >= 11 is 5.81. The molecule has 0 bridgehead atoms. The van der Waals surface area contributed by atoms with Gasteiger partial charge in [0.1, 0.15) is 17.9 Å². The maximum absolute atomic E-state index is 11.0. The van der Waals surface area contributed by atoms with Crippen molar-refractivity contribution in [2.75, 3.05) is 13.2 Å². The van der Waals surface area contributed by atoms with Gasteiger partial charge in [0, 0.05) is 11.6 Å². The number of halogens is 1. The fourth-order valence-electron chi connectivity index (χ4n) is 1.75. The van der Waals surface area contributed by atoms with Crippen LogP contribution in [0.15, 0.2) is 18.2 Å². The number of benzene rings is 1. The lowest BCUT2D eigenvalue weighted by Crippen LogP contribution is -2.17. The smallest absolute Gasteiger partial charge is 0.339 e. The topological polar surface area (TPSA) is 55.8 Å².